The van der Waals surface area contributed by atoms with Gasteiger partial charge in [0.2, 0.25) is 9.84 Å². The molecule has 0 aliphatic carbocycles. The van der Waals surface area contributed by atoms with Crippen LogP contribution < -0.4 is 10.5 Å². The zero-order valence-electron chi connectivity index (χ0n) is 15.2. The van der Waals surface area contributed by atoms with Gasteiger partial charge in [0.25, 0.3) is 0 Å². The maximum absolute atomic E-state index is 13.1. The van der Waals surface area contributed by atoms with Crippen LogP contribution in [0.3, 0.4) is 0 Å². The summed E-state index contributed by atoms with van der Waals surface area (Å²) in [5.41, 5.74) is 6.36. The summed E-state index contributed by atoms with van der Waals surface area (Å²) in [6.07, 6.45) is 3.77. The monoisotopic (exact) mass is 422 g/mol. The Morgan fingerprint density at radius 1 is 1.25 bits per heavy atom. The predicted octanol–water partition coefficient (Wildman–Crippen LogP) is 2.46. The van der Waals surface area contributed by atoms with Crippen molar-refractivity contribution < 1.29 is 22.7 Å². The number of carbonyl (C=O) groups excluding carboxylic acids is 1. The number of hydrogen-bond donors (Lipinski definition) is 1. The number of benzene rings is 1. The fraction of sp³-hybridized carbons (Fsp3) is 0.235. The molecule has 2 heterocycles. The first-order chi connectivity index (χ1) is 13.3. The molecule has 0 unspecified atom stereocenters. The number of aryl methyl sites for hydroxylation is 1. The van der Waals surface area contributed by atoms with E-state index in [1.165, 1.54) is 19.4 Å². The average molecular weight is 422 g/mol. The largest absolute Gasteiger partial charge is 0.497 e. The zero-order chi connectivity index (χ0) is 20.3. The fourth-order valence-corrected chi connectivity index (χ4v) is 4.98. The Labute approximate surface area is 165 Å². The second-order valence-electron chi connectivity index (χ2n) is 5.67. The summed E-state index contributed by atoms with van der Waals surface area (Å²) in [6.45, 7) is 2.47. The fourth-order valence-electron chi connectivity index (χ4n) is 2.43. The molecule has 3 aromatic rings. The van der Waals surface area contributed by atoms with Crippen molar-refractivity contribution >= 4 is 27.3 Å². The molecule has 0 aliphatic rings. The number of nitrogens with zero attached hydrogens (tertiary/aromatic N) is 3. The van der Waals surface area contributed by atoms with Crippen LogP contribution in [0.5, 0.6) is 5.75 Å². The van der Waals surface area contributed by atoms with Gasteiger partial charge in [0.15, 0.2) is 0 Å². The number of aromatic nitrogens is 3. The van der Waals surface area contributed by atoms with Gasteiger partial charge in [-0.05, 0) is 30.7 Å². The highest BCUT2D eigenvalue weighted by Gasteiger charge is 2.23. The molecule has 0 saturated carbocycles. The predicted molar refractivity (Wildman–Crippen MR) is 102 cm³/mol. The maximum atomic E-state index is 13.1. The lowest BCUT2D eigenvalue weighted by Gasteiger charge is -2.08. The molecule has 0 radical (unpaired) electrons. The Morgan fingerprint density at radius 3 is 2.68 bits per heavy atom. The highest BCUT2D eigenvalue weighted by Crippen LogP contribution is 2.33. The van der Waals surface area contributed by atoms with Crippen molar-refractivity contribution in [3.63, 3.8) is 0 Å². The maximum Gasteiger partial charge on any atom is 0.404 e. The van der Waals surface area contributed by atoms with Crippen molar-refractivity contribution in [2.24, 2.45) is 5.73 Å². The van der Waals surface area contributed by atoms with Gasteiger partial charge in [-0.3, -0.25) is 4.68 Å². The minimum Gasteiger partial charge on any atom is -0.497 e. The van der Waals surface area contributed by atoms with Crippen molar-refractivity contribution in [2.75, 3.05) is 7.11 Å². The van der Waals surface area contributed by atoms with E-state index in [1.807, 2.05) is 13.1 Å². The van der Waals surface area contributed by atoms with Crippen LogP contribution in [0.15, 0.2) is 45.9 Å². The molecule has 0 fully saturated rings. The van der Waals surface area contributed by atoms with Crippen molar-refractivity contribution in [3.05, 3.63) is 41.8 Å². The van der Waals surface area contributed by atoms with Gasteiger partial charge in [0.05, 0.1) is 24.4 Å². The van der Waals surface area contributed by atoms with E-state index in [4.69, 9.17) is 10.5 Å². The van der Waals surface area contributed by atoms with Crippen molar-refractivity contribution in [1.82, 2.24) is 14.8 Å². The molecule has 28 heavy (non-hydrogen) atoms. The molecule has 2 aromatic heterocycles. The van der Waals surface area contributed by atoms with Gasteiger partial charge < -0.3 is 15.2 Å². The number of hydrogen-bond acceptors (Lipinski definition) is 8. The second kappa shape index (κ2) is 7.98. The number of thiazole rings is 1. The number of amides is 1. The lowest BCUT2D eigenvalue weighted by Crippen LogP contribution is -2.12. The van der Waals surface area contributed by atoms with E-state index in [9.17, 15) is 13.2 Å². The molecule has 148 valence electrons. The topological polar surface area (TPSA) is 126 Å². The van der Waals surface area contributed by atoms with Gasteiger partial charge in [0.1, 0.15) is 21.6 Å². The Hall–Kier alpha value is -2.92. The minimum absolute atomic E-state index is 0.0269. The third-order valence-corrected chi connectivity index (χ3v) is 7.02. The summed E-state index contributed by atoms with van der Waals surface area (Å²) in [5, 5.41) is 4.55. The first-order valence-corrected chi connectivity index (χ1v) is 10.5. The SMILES string of the molecule is CCn1cc(-c2cc(OC)cc(S(=O)(=O)c3cnc(COC(N)=O)s3)c2)cn1. The third kappa shape index (κ3) is 4.15. The Balaban J connectivity index is 1.99. The van der Waals surface area contributed by atoms with Gasteiger partial charge in [-0.2, -0.15) is 5.10 Å². The number of sulfone groups is 1. The third-order valence-electron chi connectivity index (χ3n) is 3.85. The number of ether oxygens (including phenoxy) is 2. The molecule has 0 bridgehead atoms. The Morgan fingerprint density at radius 2 is 2.04 bits per heavy atom. The molecule has 0 spiro atoms. The molecule has 0 saturated heterocycles. The molecule has 0 aliphatic heterocycles. The smallest absolute Gasteiger partial charge is 0.404 e. The summed E-state index contributed by atoms with van der Waals surface area (Å²) >= 11 is 0.910. The van der Waals surface area contributed by atoms with Crippen LogP contribution in [-0.4, -0.2) is 36.4 Å². The summed E-state index contributed by atoms with van der Waals surface area (Å²) < 4.78 is 37.8. The first-order valence-electron chi connectivity index (χ1n) is 8.17. The van der Waals surface area contributed by atoms with Crippen LogP contribution >= 0.6 is 11.3 Å². The van der Waals surface area contributed by atoms with E-state index in [0.717, 1.165) is 16.9 Å². The van der Waals surface area contributed by atoms with E-state index in [1.54, 1.807) is 23.0 Å². The van der Waals surface area contributed by atoms with E-state index in [-0.39, 0.29) is 15.7 Å². The molecule has 11 heteroatoms. The molecule has 0 atom stereocenters. The first kappa shape index (κ1) is 19.8. The summed E-state index contributed by atoms with van der Waals surface area (Å²) in [5.74, 6) is 0.405. The van der Waals surface area contributed by atoms with Gasteiger partial charge in [-0.15, -0.1) is 11.3 Å². The minimum atomic E-state index is -3.84. The highest BCUT2D eigenvalue weighted by atomic mass is 32.2. The molecule has 1 amide bonds. The van der Waals surface area contributed by atoms with Gasteiger partial charge in [-0.25, -0.2) is 18.2 Å². The zero-order valence-corrected chi connectivity index (χ0v) is 16.8. The van der Waals surface area contributed by atoms with E-state index in [0.29, 0.717) is 22.9 Å². The van der Waals surface area contributed by atoms with Crippen molar-refractivity contribution in [3.8, 4) is 16.9 Å². The molecular formula is C17H18N4O5S2. The second-order valence-corrected chi connectivity index (χ2v) is 8.96. The van der Waals surface area contributed by atoms with Crippen molar-refractivity contribution in [2.45, 2.75) is 29.2 Å². The molecular weight excluding hydrogens is 404 g/mol. The van der Waals surface area contributed by atoms with Crippen molar-refractivity contribution in [1.29, 1.82) is 0 Å². The summed E-state index contributed by atoms with van der Waals surface area (Å²) in [6, 6.07) is 4.76. The standard InChI is InChI=1S/C17H18N4O5S2/c1-3-21-9-12(7-20-21)11-4-13(25-2)6-14(5-11)28(23,24)16-8-19-15(27-16)10-26-17(18)22/h4-9H,3,10H2,1-2H3,(H2,18,22). The number of nitrogens with two attached hydrogens (primary N) is 1. The normalized spacial score (nSPS) is 11.4. The molecule has 3 rings (SSSR count). The molecule has 1 aromatic carbocycles. The van der Waals surface area contributed by atoms with Crippen LogP contribution in [0, 0.1) is 0 Å². The van der Waals surface area contributed by atoms with E-state index < -0.39 is 15.9 Å². The summed E-state index contributed by atoms with van der Waals surface area (Å²) in [7, 11) is -2.37. The lowest BCUT2D eigenvalue weighted by molar-refractivity contribution is 0.150. The van der Waals surface area contributed by atoms with Crippen LogP contribution in [0.4, 0.5) is 4.79 Å². The highest BCUT2D eigenvalue weighted by molar-refractivity contribution is 7.93. The van der Waals surface area contributed by atoms with Crippen LogP contribution in [0.25, 0.3) is 11.1 Å². The lowest BCUT2D eigenvalue weighted by atomic mass is 10.1. The number of carbonyl (C=O) groups is 1. The van der Waals surface area contributed by atoms with Gasteiger partial charge in [0, 0.05) is 18.3 Å². The Bertz CT molecular complexity index is 1100. The van der Waals surface area contributed by atoms with Crippen LogP contribution in [-0.2, 0) is 27.7 Å². The molecule has 2 N–H and O–H groups in total. The number of methoxy groups -OCH3 is 1. The van der Waals surface area contributed by atoms with Crippen LogP contribution in [0.2, 0.25) is 0 Å². The van der Waals surface area contributed by atoms with Gasteiger partial charge >= 0.3 is 6.09 Å². The average Bonchev–Trinajstić information content (AvgIpc) is 3.35. The van der Waals surface area contributed by atoms with Gasteiger partial charge in [-0.1, -0.05) is 0 Å². The van der Waals surface area contributed by atoms with E-state index >= 15 is 0 Å². The summed E-state index contributed by atoms with van der Waals surface area (Å²) in [4.78, 5) is 14.7. The molecule has 9 nitrogen and oxygen atoms in total. The van der Waals surface area contributed by atoms with E-state index in [2.05, 4.69) is 14.8 Å². The Kier molecular flexibility index (Phi) is 5.66. The van der Waals surface area contributed by atoms with Crippen LogP contribution in [0.1, 0.15) is 11.9 Å². The number of primary amides is 1. The quantitative estimate of drug-likeness (QED) is 0.620. The number of rotatable bonds is 7.